The average Bonchev–Trinajstić information content (AvgIpc) is 2.16. The molecule has 16 heavy (non-hydrogen) atoms. The second kappa shape index (κ2) is 5.39. The minimum Gasteiger partial charge on any atom is -0.496 e. The first-order chi connectivity index (χ1) is 7.52. The fourth-order valence-corrected chi connectivity index (χ4v) is 1.61. The van der Waals surface area contributed by atoms with E-state index in [1.165, 1.54) is 0 Å². The highest BCUT2D eigenvalue weighted by Crippen LogP contribution is 2.21. The Balaban J connectivity index is 2.67. The number of hydrogen-bond donors (Lipinski definition) is 2. The number of primary amides is 1. The van der Waals surface area contributed by atoms with Gasteiger partial charge in [-0.05, 0) is 37.6 Å². The van der Waals surface area contributed by atoms with Crippen LogP contribution in [0, 0.1) is 6.92 Å². The second-order valence-corrected chi connectivity index (χ2v) is 3.90. The molecule has 4 nitrogen and oxygen atoms in total. The van der Waals surface area contributed by atoms with Gasteiger partial charge in [-0.3, -0.25) is 4.79 Å². The SMILES string of the molecule is COc1ccc(NC(C)CC(N)=O)cc1C. The minimum absolute atomic E-state index is 0.0327. The van der Waals surface area contributed by atoms with Crippen LogP contribution in [0.25, 0.3) is 0 Å². The zero-order valence-electron chi connectivity index (χ0n) is 9.91. The summed E-state index contributed by atoms with van der Waals surface area (Å²) in [4.78, 5) is 10.7. The quantitative estimate of drug-likeness (QED) is 0.796. The molecule has 0 aliphatic carbocycles. The van der Waals surface area contributed by atoms with Crippen molar-refractivity contribution >= 4 is 11.6 Å². The van der Waals surface area contributed by atoms with Gasteiger partial charge < -0.3 is 15.8 Å². The summed E-state index contributed by atoms with van der Waals surface area (Å²) in [6.07, 6.45) is 0.324. The number of rotatable bonds is 5. The standard InChI is InChI=1S/C12H18N2O2/c1-8-6-10(4-5-11(8)16-3)14-9(2)7-12(13)15/h4-6,9,14H,7H2,1-3H3,(H2,13,15). The zero-order valence-corrected chi connectivity index (χ0v) is 9.91. The van der Waals surface area contributed by atoms with E-state index in [2.05, 4.69) is 5.32 Å². The topological polar surface area (TPSA) is 64.3 Å². The van der Waals surface area contributed by atoms with Gasteiger partial charge in [0.15, 0.2) is 0 Å². The van der Waals surface area contributed by atoms with Crippen LogP contribution in [0.2, 0.25) is 0 Å². The fourth-order valence-electron chi connectivity index (χ4n) is 1.61. The Kier molecular flexibility index (Phi) is 4.17. The van der Waals surface area contributed by atoms with Gasteiger partial charge in [0.2, 0.25) is 5.91 Å². The average molecular weight is 222 g/mol. The third-order valence-corrected chi connectivity index (χ3v) is 2.32. The Labute approximate surface area is 95.8 Å². The third-order valence-electron chi connectivity index (χ3n) is 2.32. The summed E-state index contributed by atoms with van der Waals surface area (Å²) < 4.78 is 5.17. The van der Waals surface area contributed by atoms with Crippen molar-refractivity contribution in [1.29, 1.82) is 0 Å². The molecule has 0 aliphatic heterocycles. The van der Waals surface area contributed by atoms with Crippen LogP contribution in [0.1, 0.15) is 18.9 Å². The lowest BCUT2D eigenvalue weighted by Crippen LogP contribution is -2.23. The number of nitrogens with two attached hydrogens (primary N) is 1. The summed E-state index contributed by atoms with van der Waals surface area (Å²) in [5, 5.41) is 3.21. The number of carbonyl (C=O) groups is 1. The number of carbonyl (C=O) groups excluding carboxylic acids is 1. The van der Waals surface area contributed by atoms with Crippen molar-refractivity contribution in [2.75, 3.05) is 12.4 Å². The fraction of sp³-hybridized carbons (Fsp3) is 0.417. The number of nitrogens with one attached hydrogen (secondary N) is 1. The molecule has 1 rings (SSSR count). The molecule has 88 valence electrons. The van der Waals surface area contributed by atoms with Crippen molar-refractivity contribution in [3.8, 4) is 5.75 Å². The van der Waals surface area contributed by atoms with Gasteiger partial charge in [0.05, 0.1) is 7.11 Å². The first kappa shape index (κ1) is 12.4. The molecule has 0 bridgehead atoms. The number of methoxy groups -OCH3 is 1. The molecule has 1 unspecified atom stereocenters. The molecule has 0 fully saturated rings. The van der Waals surface area contributed by atoms with Crippen LogP contribution in [0.4, 0.5) is 5.69 Å². The Morgan fingerprint density at radius 1 is 1.56 bits per heavy atom. The van der Waals surface area contributed by atoms with Crippen LogP contribution in [0.15, 0.2) is 18.2 Å². The smallest absolute Gasteiger partial charge is 0.219 e. The van der Waals surface area contributed by atoms with Crippen molar-refractivity contribution in [1.82, 2.24) is 0 Å². The molecule has 0 aliphatic rings. The van der Waals surface area contributed by atoms with Gasteiger partial charge in [0.1, 0.15) is 5.75 Å². The number of amides is 1. The normalized spacial score (nSPS) is 11.9. The number of anilines is 1. The highest BCUT2D eigenvalue weighted by Gasteiger charge is 2.06. The van der Waals surface area contributed by atoms with E-state index in [1.807, 2.05) is 32.0 Å². The lowest BCUT2D eigenvalue weighted by molar-refractivity contribution is -0.118. The second-order valence-electron chi connectivity index (χ2n) is 3.90. The Hall–Kier alpha value is -1.71. The maximum atomic E-state index is 10.7. The maximum Gasteiger partial charge on any atom is 0.219 e. The van der Waals surface area contributed by atoms with Gasteiger partial charge in [-0.15, -0.1) is 0 Å². The molecule has 1 aromatic rings. The van der Waals surface area contributed by atoms with Gasteiger partial charge in [-0.2, -0.15) is 0 Å². The van der Waals surface area contributed by atoms with Gasteiger partial charge >= 0.3 is 0 Å². The molecule has 0 spiro atoms. The van der Waals surface area contributed by atoms with Crippen LogP contribution in [-0.4, -0.2) is 19.1 Å². The van der Waals surface area contributed by atoms with Crippen molar-refractivity contribution in [2.24, 2.45) is 5.73 Å². The van der Waals surface area contributed by atoms with Crippen molar-refractivity contribution in [3.63, 3.8) is 0 Å². The lowest BCUT2D eigenvalue weighted by atomic mass is 10.1. The predicted octanol–water partition coefficient (Wildman–Crippen LogP) is 1.68. The van der Waals surface area contributed by atoms with E-state index in [4.69, 9.17) is 10.5 Å². The van der Waals surface area contributed by atoms with E-state index in [-0.39, 0.29) is 11.9 Å². The lowest BCUT2D eigenvalue weighted by Gasteiger charge is -2.14. The summed E-state index contributed by atoms with van der Waals surface area (Å²) in [5.74, 6) is 0.554. The minimum atomic E-state index is -0.301. The monoisotopic (exact) mass is 222 g/mol. The number of benzene rings is 1. The van der Waals surface area contributed by atoms with Crippen LogP contribution >= 0.6 is 0 Å². The Bertz CT molecular complexity index is 377. The summed E-state index contributed by atoms with van der Waals surface area (Å²) in [6, 6.07) is 5.83. The van der Waals surface area contributed by atoms with Gasteiger partial charge in [0, 0.05) is 18.2 Å². The van der Waals surface area contributed by atoms with Crippen molar-refractivity contribution in [2.45, 2.75) is 26.3 Å². The molecule has 1 atom stereocenters. The molecule has 0 saturated heterocycles. The van der Waals surface area contributed by atoms with Crippen LogP contribution in [0.5, 0.6) is 5.75 Å². The van der Waals surface area contributed by atoms with Crippen molar-refractivity contribution in [3.05, 3.63) is 23.8 Å². The van der Waals surface area contributed by atoms with E-state index in [0.29, 0.717) is 6.42 Å². The Morgan fingerprint density at radius 2 is 2.25 bits per heavy atom. The Morgan fingerprint density at radius 3 is 2.75 bits per heavy atom. The van der Waals surface area contributed by atoms with E-state index >= 15 is 0 Å². The molecule has 0 aromatic heterocycles. The van der Waals surface area contributed by atoms with E-state index in [0.717, 1.165) is 17.0 Å². The highest BCUT2D eigenvalue weighted by atomic mass is 16.5. The molecular formula is C12H18N2O2. The van der Waals surface area contributed by atoms with Crippen molar-refractivity contribution < 1.29 is 9.53 Å². The molecule has 0 radical (unpaired) electrons. The van der Waals surface area contributed by atoms with E-state index in [1.54, 1.807) is 7.11 Å². The third kappa shape index (κ3) is 3.46. The predicted molar refractivity (Wildman–Crippen MR) is 64.6 cm³/mol. The zero-order chi connectivity index (χ0) is 12.1. The van der Waals surface area contributed by atoms with Gasteiger partial charge in [-0.1, -0.05) is 0 Å². The summed E-state index contributed by atoms with van der Waals surface area (Å²) >= 11 is 0. The molecule has 4 heteroatoms. The molecule has 0 saturated carbocycles. The van der Waals surface area contributed by atoms with Gasteiger partial charge in [0.25, 0.3) is 0 Å². The van der Waals surface area contributed by atoms with E-state index < -0.39 is 0 Å². The molecule has 1 amide bonds. The molecule has 1 aromatic carbocycles. The van der Waals surface area contributed by atoms with Gasteiger partial charge in [-0.25, -0.2) is 0 Å². The number of aryl methyl sites for hydroxylation is 1. The summed E-state index contributed by atoms with van der Waals surface area (Å²) in [7, 11) is 1.64. The summed E-state index contributed by atoms with van der Waals surface area (Å²) in [6.45, 7) is 3.90. The first-order valence-electron chi connectivity index (χ1n) is 5.22. The van der Waals surface area contributed by atoms with E-state index in [9.17, 15) is 4.79 Å². The van der Waals surface area contributed by atoms with Crippen LogP contribution < -0.4 is 15.8 Å². The first-order valence-corrected chi connectivity index (χ1v) is 5.22. The van der Waals surface area contributed by atoms with Crippen LogP contribution in [-0.2, 0) is 4.79 Å². The highest BCUT2D eigenvalue weighted by molar-refractivity contribution is 5.74. The number of hydrogen-bond acceptors (Lipinski definition) is 3. The molecular weight excluding hydrogens is 204 g/mol. The molecule has 0 heterocycles. The largest absolute Gasteiger partial charge is 0.496 e. The number of ether oxygens (including phenoxy) is 1. The molecule has 3 N–H and O–H groups in total. The summed E-state index contributed by atoms with van der Waals surface area (Å²) in [5.41, 5.74) is 7.14. The van der Waals surface area contributed by atoms with Crippen LogP contribution in [0.3, 0.4) is 0 Å². The maximum absolute atomic E-state index is 10.7.